The highest BCUT2D eigenvalue weighted by Gasteiger charge is 2.23. The highest BCUT2D eigenvalue weighted by atomic mass is 16.6. The molecule has 0 amide bonds. The fourth-order valence-electron chi connectivity index (χ4n) is 4.55. The normalized spacial score (nSPS) is 13.5. The van der Waals surface area contributed by atoms with Crippen molar-refractivity contribution >= 4 is 22.1 Å². The van der Waals surface area contributed by atoms with Crippen molar-refractivity contribution in [1.82, 2.24) is 9.78 Å². The SMILES string of the molecule is CCCOc1cc(OC)cc(-c2nn(-c3cc(N4CCOCC4)ccc3[N+](=O)[O-])c(=O)c3ccccc23)c1. The van der Waals surface area contributed by atoms with Crippen LogP contribution in [0.4, 0.5) is 11.4 Å². The van der Waals surface area contributed by atoms with Gasteiger partial charge in [-0.3, -0.25) is 14.9 Å². The topological polar surface area (TPSA) is 109 Å². The molecule has 5 rings (SSSR count). The number of benzene rings is 3. The first-order chi connectivity index (χ1) is 18.5. The molecule has 10 heteroatoms. The van der Waals surface area contributed by atoms with Gasteiger partial charge < -0.3 is 19.1 Å². The maximum atomic E-state index is 13.7. The van der Waals surface area contributed by atoms with E-state index in [2.05, 4.69) is 4.90 Å². The first-order valence-corrected chi connectivity index (χ1v) is 12.5. The highest BCUT2D eigenvalue weighted by molar-refractivity contribution is 5.94. The van der Waals surface area contributed by atoms with E-state index in [1.807, 2.05) is 25.1 Å². The Labute approximate surface area is 219 Å². The number of ether oxygens (including phenoxy) is 3. The smallest absolute Gasteiger partial charge is 0.295 e. The summed E-state index contributed by atoms with van der Waals surface area (Å²) in [5.41, 5.74) is 1.33. The highest BCUT2D eigenvalue weighted by Crippen LogP contribution is 2.34. The van der Waals surface area contributed by atoms with Crippen molar-refractivity contribution in [2.24, 2.45) is 0 Å². The van der Waals surface area contributed by atoms with Gasteiger partial charge in [-0.2, -0.15) is 9.78 Å². The number of anilines is 1. The molecule has 4 aromatic rings. The van der Waals surface area contributed by atoms with Crippen LogP contribution in [0.3, 0.4) is 0 Å². The molecule has 1 aliphatic rings. The van der Waals surface area contributed by atoms with Crippen LogP contribution < -0.4 is 19.9 Å². The van der Waals surface area contributed by atoms with E-state index in [9.17, 15) is 14.9 Å². The minimum Gasteiger partial charge on any atom is -0.497 e. The van der Waals surface area contributed by atoms with Gasteiger partial charge in [0.2, 0.25) is 0 Å². The van der Waals surface area contributed by atoms with E-state index in [0.717, 1.165) is 16.8 Å². The molecule has 0 aliphatic carbocycles. The van der Waals surface area contributed by atoms with Gasteiger partial charge in [0.05, 0.1) is 42.9 Å². The molecule has 0 saturated carbocycles. The van der Waals surface area contributed by atoms with Gasteiger partial charge in [0, 0.05) is 41.9 Å². The van der Waals surface area contributed by atoms with Crippen LogP contribution in [0.25, 0.3) is 27.7 Å². The maximum absolute atomic E-state index is 13.7. The van der Waals surface area contributed by atoms with Crippen LogP contribution in [0.1, 0.15) is 13.3 Å². The molecule has 0 unspecified atom stereocenters. The van der Waals surface area contributed by atoms with E-state index in [-0.39, 0.29) is 11.4 Å². The van der Waals surface area contributed by atoms with Crippen molar-refractivity contribution < 1.29 is 19.1 Å². The Morgan fingerprint density at radius 1 is 1.03 bits per heavy atom. The maximum Gasteiger partial charge on any atom is 0.295 e. The summed E-state index contributed by atoms with van der Waals surface area (Å²) in [6, 6.07) is 17.3. The molecule has 3 aromatic carbocycles. The number of rotatable bonds is 8. The summed E-state index contributed by atoms with van der Waals surface area (Å²) in [6.45, 7) is 4.95. The van der Waals surface area contributed by atoms with E-state index >= 15 is 0 Å². The van der Waals surface area contributed by atoms with Gasteiger partial charge in [0.1, 0.15) is 17.2 Å². The first kappa shape index (κ1) is 25.2. The van der Waals surface area contributed by atoms with Crippen molar-refractivity contribution in [2.45, 2.75) is 13.3 Å². The second kappa shape index (κ2) is 10.9. The molecular weight excluding hydrogens is 488 g/mol. The number of nitrogens with zero attached hydrogens (tertiary/aromatic N) is 4. The summed E-state index contributed by atoms with van der Waals surface area (Å²) in [5, 5.41) is 17.8. The molecule has 1 fully saturated rings. The summed E-state index contributed by atoms with van der Waals surface area (Å²) < 4.78 is 17.9. The average molecular weight is 517 g/mol. The van der Waals surface area contributed by atoms with E-state index in [1.165, 1.54) is 6.07 Å². The summed E-state index contributed by atoms with van der Waals surface area (Å²) >= 11 is 0. The lowest BCUT2D eigenvalue weighted by atomic mass is 10.0. The summed E-state index contributed by atoms with van der Waals surface area (Å²) in [6.07, 6.45) is 0.835. The minimum absolute atomic E-state index is 0.0985. The lowest BCUT2D eigenvalue weighted by Crippen LogP contribution is -2.36. The Hall–Kier alpha value is -4.44. The second-order valence-electron chi connectivity index (χ2n) is 8.89. The Kier molecular flexibility index (Phi) is 7.23. The van der Waals surface area contributed by atoms with Gasteiger partial charge in [0.15, 0.2) is 0 Å². The van der Waals surface area contributed by atoms with Gasteiger partial charge in [-0.15, -0.1) is 0 Å². The Morgan fingerprint density at radius 2 is 1.76 bits per heavy atom. The van der Waals surface area contributed by atoms with Gasteiger partial charge in [-0.1, -0.05) is 25.1 Å². The summed E-state index contributed by atoms with van der Waals surface area (Å²) in [4.78, 5) is 27.3. The van der Waals surface area contributed by atoms with Crippen molar-refractivity contribution in [2.75, 3.05) is 44.9 Å². The van der Waals surface area contributed by atoms with E-state index in [1.54, 1.807) is 43.5 Å². The number of hydrogen-bond acceptors (Lipinski definition) is 8. The molecule has 196 valence electrons. The molecule has 0 radical (unpaired) electrons. The van der Waals surface area contributed by atoms with Crippen molar-refractivity contribution in [3.8, 4) is 28.4 Å². The second-order valence-corrected chi connectivity index (χ2v) is 8.89. The largest absolute Gasteiger partial charge is 0.497 e. The average Bonchev–Trinajstić information content (AvgIpc) is 2.96. The summed E-state index contributed by atoms with van der Waals surface area (Å²) in [5.74, 6) is 1.17. The number of aromatic nitrogens is 2. The van der Waals surface area contributed by atoms with Crippen LogP contribution in [0.2, 0.25) is 0 Å². The van der Waals surface area contributed by atoms with Gasteiger partial charge in [0.25, 0.3) is 11.2 Å². The van der Waals surface area contributed by atoms with E-state index in [0.29, 0.717) is 66.4 Å². The fraction of sp³-hybridized carbons (Fsp3) is 0.286. The minimum atomic E-state index is -0.496. The van der Waals surface area contributed by atoms with Crippen LogP contribution in [-0.2, 0) is 4.74 Å². The first-order valence-electron chi connectivity index (χ1n) is 12.5. The third kappa shape index (κ3) is 4.90. The number of nitro groups is 1. The monoisotopic (exact) mass is 516 g/mol. The van der Waals surface area contributed by atoms with Crippen LogP contribution in [0.5, 0.6) is 11.5 Å². The molecule has 1 aromatic heterocycles. The molecule has 2 heterocycles. The van der Waals surface area contributed by atoms with Gasteiger partial charge >= 0.3 is 0 Å². The van der Waals surface area contributed by atoms with Crippen LogP contribution in [0, 0.1) is 10.1 Å². The predicted molar refractivity (Wildman–Crippen MR) is 145 cm³/mol. The quantitative estimate of drug-likeness (QED) is 0.247. The molecule has 10 nitrogen and oxygen atoms in total. The molecule has 38 heavy (non-hydrogen) atoms. The number of methoxy groups -OCH3 is 1. The molecule has 0 spiro atoms. The zero-order valence-corrected chi connectivity index (χ0v) is 21.3. The molecule has 0 N–H and O–H groups in total. The van der Waals surface area contributed by atoms with Crippen LogP contribution in [0.15, 0.2) is 65.5 Å². The Bertz CT molecular complexity index is 1540. The number of nitro benzene ring substituents is 1. The number of morpholine rings is 1. The van der Waals surface area contributed by atoms with E-state index < -0.39 is 10.5 Å². The molecule has 1 aliphatic heterocycles. The van der Waals surface area contributed by atoms with Crippen LogP contribution >= 0.6 is 0 Å². The molecule has 0 atom stereocenters. The molecule has 0 bridgehead atoms. The standard InChI is InChI=1S/C28H28N4O6/c1-3-12-38-22-16-19(15-21(18-22)36-2)27-23-6-4-5-7-24(23)28(33)31(29-27)26-17-20(8-9-25(26)32(34)35)30-10-13-37-14-11-30/h4-9,15-18H,3,10-14H2,1-2H3. The third-order valence-corrected chi connectivity index (χ3v) is 6.43. The Balaban J connectivity index is 1.75. The van der Waals surface area contributed by atoms with Crippen molar-refractivity contribution in [3.05, 3.63) is 81.1 Å². The fourth-order valence-corrected chi connectivity index (χ4v) is 4.55. The summed E-state index contributed by atoms with van der Waals surface area (Å²) in [7, 11) is 1.57. The van der Waals surface area contributed by atoms with Crippen molar-refractivity contribution in [1.29, 1.82) is 0 Å². The number of hydrogen-bond donors (Lipinski definition) is 0. The van der Waals surface area contributed by atoms with Gasteiger partial charge in [-0.25, -0.2) is 0 Å². The zero-order chi connectivity index (χ0) is 26.6. The molecule has 1 saturated heterocycles. The Morgan fingerprint density at radius 3 is 2.47 bits per heavy atom. The van der Waals surface area contributed by atoms with Crippen molar-refractivity contribution in [3.63, 3.8) is 0 Å². The van der Waals surface area contributed by atoms with E-state index in [4.69, 9.17) is 19.3 Å². The predicted octanol–water partition coefficient (Wildman–Crippen LogP) is 4.59. The number of fused-ring (bicyclic) bond motifs is 1. The van der Waals surface area contributed by atoms with Gasteiger partial charge in [-0.05, 0) is 36.8 Å². The molecular formula is C28H28N4O6. The zero-order valence-electron chi connectivity index (χ0n) is 21.3. The third-order valence-electron chi connectivity index (χ3n) is 6.43. The lowest BCUT2D eigenvalue weighted by molar-refractivity contribution is -0.384. The van der Waals surface area contributed by atoms with Crippen LogP contribution in [-0.4, -0.2) is 54.7 Å². The lowest BCUT2D eigenvalue weighted by Gasteiger charge is -2.29.